The molecule has 0 atom stereocenters. The van der Waals surface area contributed by atoms with Crippen LogP contribution in [0, 0.1) is 5.82 Å². The van der Waals surface area contributed by atoms with Crippen molar-refractivity contribution < 1.29 is 22.0 Å². The summed E-state index contributed by atoms with van der Waals surface area (Å²) in [7, 11) is -3.38. The first kappa shape index (κ1) is 16.2. The van der Waals surface area contributed by atoms with Crippen molar-refractivity contribution in [2.45, 2.75) is 5.75 Å². The molecule has 3 aromatic rings. The van der Waals surface area contributed by atoms with Gasteiger partial charge >= 0.3 is 0 Å². The van der Waals surface area contributed by atoms with Crippen molar-refractivity contribution >= 4 is 32.4 Å². The third-order valence-corrected chi connectivity index (χ3v) is 4.22. The molecule has 0 spiro atoms. The van der Waals surface area contributed by atoms with E-state index in [9.17, 15) is 17.6 Å². The number of hydrogen-bond donors (Lipinski definition) is 1. The average Bonchev–Trinajstić information content (AvgIpc) is 2.92. The molecule has 1 N–H and O–H groups in total. The highest BCUT2D eigenvalue weighted by molar-refractivity contribution is 7.89. The largest absolute Gasteiger partial charge is 0.451 e. The monoisotopic (exact) mass is 347 g/mol. The van der Waals surface area contributed by atoms with Gasteiger partial charge in [-0.15, -0.1) is 0 Å². The fraction of sp³-hybridized carbons (Fsp3) is 0.118. The van der Waals surface area contributed by atoms with Crippen molar-refractivity contribution in [3.8, 4) is 0 Å². The van der Waals surface area contributed by atoms with Crippen LogP contribution < -0.4 is 5.32 Å². The molecular weight excluding hydrogens is 333 g/mol. The van der Waals surface area contributed by atoms with Gasteiger partial charge in [0.1, 0.15) is 11.4 Å². The molecule has 0 aliphatic carbocycles. The second-order valence-corrected chi connectivity index (χ2v) is 7.61. The Morgan fingerprint density at radius 1 is 1.17 bits per heavy atom. The number of halogens is 1. The van der Waals surface area contributed by atoms with E-state index >= 15 is 0 Å². The van der Waals surface area contributed by atoms with Crippen molar-refractivity contribution in [1.82, 2.24) is 0 Å². The molecule has 0 aliphatic rings. The molecule has 5 nitrogen and oxygen atoms in total. The molecule has 2 aromatic carbocycles. The van der Waals surface area contributed by atoms with Crippen LogP contribution in [0.4, 0.5) is 10.1 Å². The van der Waals surface area contributed by atoms with Crippen LogP contribution in [0.5, 0.6) is 0 Å². The predicted molar refractivity (Wildman–Crippen MR) is 89.1 cm³/mol. The van der Waals surface area contributed by atoms with E-state index < -0.39 is 21.6 Å². The molecule has 0 aliphatic heterocycles. The molecule has 1 amide bonds. The fourth-order valence-corrected chi connectivity index (χ4v) is 3.17. The first-order chi connectivity index (χ1) is 11.3. The molecule has 124 valence electrons. The molecule has 0 saturated carbocycles. The molecule has 0 saturated heterocycles. The number of nitrogens with one attached hydrogen (secondary N) is 1. The molecule has 0 bridgehead atoms. The number of carbonyl (C=O) groups is 1. The molecule has 3 rings (SSSR count). The first-order valence-electron chi connectivity index (χ1n) is 7.08. The van der Waals surface area contributed by atoms with E-state index in [0.29, 0.717) is 5.58 Å². The van der Waals surface area contributed by atoms with Gasteiger partial charge in [-0.1, -0.05) is 18.2 Å². The summed E-state index contributed by atoms with van der Waals surface area (Å²) in [5.74, 6) is -1.39. The van der Waals surface area contributed by atoms with E-state index in [1.165, 1.54) is 6.07 Å². The lowest BCUT2D eigenvalue weighted by molar-refractivity contribution is 0.0998. The lowest BCUT2D eigenvalue weighted by atomic mass is 10.2. The minimum absolute atomic E-state index is 0.0887. The number of rotatable bonds is 4. The first-order valence-corrected chi connectivity index (χ1v) is 9.14. The lowest BCUT2D eigenvalue weighted by Gasteiger charge is -2.09. The number of carbonyl (C=O) groups excluding carboxylic acids is 1. The normalized spacial score (nSPS) is 11.6. The average molecular weight is 347 g/mol. The minimum atomic E-state index is -3.38. The quantitative estimate of drug-likeness (QED) is 0.785. The standard InChI is InChI=1S/C17H14FNO4S/c1-24(21,22)10-12-8-13(18)6-7-14(12)19-17(20)16-9-11-4-2-3-5-15(11)23-16/h2-9H,10H2,1H3,(H,19,20). The maximum absolute atomic E-state index is 13.4. The van der Waals surface area contributed by atoms with E-state index in [1.54, 1.807) is 18.2 Å². The van der Waals surface area contributed by atoms with Gasteiger partial charge in [-0.25, -0.2) is 12.8 Å². The van der Waals surface area contributed by atoms with Crippen LogP contribution in [0.25, 0.3) is 11.0 Å². The summed E-state index contributed by atoms with van der Waals surface area (Å²) in [6.07, 6.45) is 1.04. The van der Waals surface area contributed by atoms with E-state index in [0.717, 1.165) is 23.8 Å². The van der Waals surface area contributed by atoms with Gasteiger partial charge in [0.25, 0.3) is 5.91 Å². The fourth-order valence-electron chi connectivity index (χ4n) is 2.36. The van der Waals surface area contributed by atoms with Crippen molar-refractivity contribution in [1.29, 1.82) is 0 Å². The molecule has 7 heteroatoms. The van der Waals surface area contributed by atoms with Crippen LogP contribution in [0.2, 0.25) is 0 Å². The zero-order chi connectivity index (χ0) is 17.3. The highest BCUT2D eigenvalue weighted by atomic mass is 32.2. The number of furan rings is 1. The van der Waals surface area contributed by atoms with Gasteiger partial charge in [0.15, 0.2) is 15.6 Å². The van der Waals surface area contributed by atoms with Crippen LogP contribution in [0.15, 0.2) is 52.9 Å². The zero-order valence-electron chi connectivity index (χ0n) is 12.7. The Balaban J connectivity index is 1.91. The van der Waals surface area contributed by atoms with Crippen LogP contribution in [-0.2, 0) is 15.6 Å². The summed E-state index contributed by atoms with van der Waals surface area (Å²) in [5, 5.41) is 3.35. The maximum Gasteiger partial charge on any atom is 0.291 e. The third-order valence-electron chi connectivity index (χ3n) is 3.38. The molecule has 0 unspecified atom stereocenters. The van der Waals surface area contributed by atoms with E-state index in [2.05, 4.69) is 5.32 Å². The van der Waals surface area contributed by atoms with Crippen LogP contribution in [0.1, 0.15) is 16.1 Å². The molecule has 24 heavy (non-hydrogen) atoms. The highest BCUT2D eigenvalue weighted by Gasteiger charge is 2.16. The molecule has 0 fully saturated rings. The summed E-state index contributed by atoms with van der Waals surface area (Å²) in [6, 6.07) is 12.3. The SMILES string of the molecule is CS(=O)(=O)Cc1cc(F)ccc1NC(=O)c1cc2ccccc2o1. The van der Waals surface area contributed by atoms with Crippen LogP contribution >= 0.6 is 0 Å². The zero-order valence-corrected chi connectivity index (χ0v) is 13.6. The summed E-state index contributed by atoms with van der Waals surface area (Å²) < 4.78 is 41.8. The van der Waals surface area contributed by atoms with E-state index in [1.807, 2.05) is 12.1 Å². The second-order valence-electron chi connectivity index (χ2n) is 5.47. The summed E-state index contributed by atoms with van der Waals surface area (Å²) in [5.41, 5.74) is 0.979. The maximum atomic E-state index is 13.4. The topological polar surface area (TPSA) is 76.4 Å². The Bertz CT molecular complexity index is 991. The Morgan fingerprint density at radius 3 is 2.62 bits per heavy atom. The van der Waals surface area contributed by atoms with Crippen molar-refractivity contribution in [3.63, 3.8) is 0 Å². The smallest absolute Gasteiger partial charge is 0.291 e. The number of sulfone groups is 1. The second kappa shape index (κ2) is 6.09. The molecule has 0 radical (unpaired) electrons. The Labute approximate surface area is 138 Å². The van der Waals surface area contributed by atoms with Crippen molar-refractivity contribution in [2.75, 3.05) is 11.6 Å². The van der Waals surface area contributed by atoms with Crippen molar-refractivity contribution in [2.24, 2.45) is 0 Å². The number of benzene rings is 2. The molecule has 1 heterocycles. The van der Waals surface area contributed by atoms with Crippen LogP contribution in [-0.4, -0.2) is 20.6 Å². The number of anilines is 1. The van der Waals surface area contributed by atoms with Crippen LogP contribution in [0.3, 0.4) is 0 Å². The number of amides is 1. The van der Waals surface area contributed by atoms with E-state index in [-0.39, 0.29) is 22.8 Å². The predicted octanol–water partition coefficient (Wildman–Crippen LogP) is 3.37. The lowest BCUT2D eigenvalue weighted by Crippen LogP contribution is -2.14. The van der Waals surface area contributed by atoms with Gasteiger partial charge in [0.2, 0.25) is 0 Å². The van der Waals surface area contributed by atoms with Gasteiger partial charge in [-0.3, -0.25) is 4.79 Å². The van der Waals surface area contributed by atoms with Crippen molar-refractivity contribution in [3.05, 3.63) is 65.7 Å². The van der Waals surface area contributed by atoms with E-state index in [4.69, 9.17) is 4.42 Å². The van der Waals surface area contributed by atoms with Gasteiger partial charge in [-0.05, 0) is 35.9 Å². The molecular formula is C17H14FNO4S. The number of fused-ring (bicyclic) bond motifs is 1. The van der Waals surface area contributed by atoms with Gasteiger partial charge in [0, 0.05) is 17.3 Å². The Morgan fingerprint density at radius 2 is 1.92 bits per heavy atom. The number of para-hydroxylation sites is 1. The van der Waals surface area contributed by atoms with Gasteiger partial charge < -0.3 is 9.73 Å². The number of hydrogen-bond acceptors (Lipinski definition) is 4. The summed E-state index contributed by atoms with van der Waals surface area (Å²) in [6.45, 7) is 0. The highest BCUT2D eigenvalue weighted by Crippen LogP contribution is 2.23. The summed E-state index contributed by atoms with van der Waals surface area (Å²) in [4.78, 5) is 12.3. The Kier molecular flexibility index (Phi) is 4.11. The third kappa shape index (κ3) is 3.62. The summed E-state index contributed by atoms with van der Waals surface area (Å²) >= 11 is 0. The molecule has 1 aromatic heterocycles. The van der Waals surface area contributed by atoms with Gasteiger partial charge in [0.05, 0.1) is 5.75 Å². The van der Waals surface area contributed by atoms with Gasteiger partial charge in [-0.2, -0.15) is 0 Å². The minimum Gasteiger partial charge on any atom is -0.451 e. The Hall–Kier alpha value is -2.67.